The van der Waals surface area contributed by atoms with E-state index < -0.39 is 11.0 Å². The van der Waals surface area contributed by atoms with Crippen LogP contribution >= 0.6 is 7.92 Å². The van der Waals surface area contributed by atoms with Gasteiger partial charge >= 0.3 is 0 Å². The van der Waals surface area contributed by atoms with Crippen LogP contribution in [0.25, 0.3) is 0 Å². The van der Waals surface area contributed by atoms with Crippen LogP contribution in [0.5, 0.6) is 5.75 Å². The first kappa shape index (κ1) is 34.6. The zero-order valence-corrected chi connectivity index (χ0v) is 30.7. The number of ether oxygens (including phenoxy) is 1. The molecular formula is C38H60NO2PS. The lowest BCUT2D eigenvalue weighted by molar-refractivity contribution is 0.381. The Morgan fingerprint density at radius 3 is 1.65 bits per heavy atom. The lowest BCUT2D eigenvalue weighted by Crippen LogP contribution is -2.38. The van der Waals surface area contributed by atoms with E-state index in [4.69, 9.17) is 4.74 Å². The van der Waals surface area contributed by atoms with Crippen molar-refractivity contribution >= 4 is 24.2 Å². The summed E-state index contributed by atoms with van der Waals surface area (Å²) in [7, 11) is 0.248. The molecule has 240 valence electrons. The van der Waals surface area contributed by atoms with Gasteiger partial charge in [0.1, 0.15) is 5.75 Å². The average Bonchev–Trinajstić information content (AvgIpc) is 2.95. The monoisotopic (exact) mass is 625 g/mol. The largest absolute Gasteiger partial charge is 0.496 e. The van der Waals surface area contributed by atoms with Gasteiger partial charge in [-0.3, -0.25) is 0 Å². The molecule has 0 spiro atoms. The van der Waals surface area contributed by atoms with Gasteiger partial charge in [-0.15, -0.1) is 0 Å². The first-order valence-corrected chi connectivity index (χ1v) is 19.5. The van der Waals surface area contributed by atoms with Crippen molar-refractivity contribution in [2.24, 2.45) is 0 Å². The number of hydrogen-bond acceptors (Lipinski definition) is 2. The minimum Gasteiger partial charge on any atom is -0.496 e. The molecule has 2 aliphatic carbocycles. The van der Waals surface area contributed by atoms with E-state index in [1.165, 1.54) is 86.5 Å². The molecule has 4 rings (SSSR count). The van der Waals surface area contributed by atoms with Crippen LogP contribution in [0.2, 0.25) is 0 Å². The molecule has 43 heavy (non-hydrogen) atoms. The van der Waals surface area contributed by atoms with E-state index >= 15 is 0 Å². The van der Waals surface area contributed by atoms with Gasteiger partial charge in [0.25, 0.3) is 0 Å². The number of nitrogens with one attached hydrogen (secondary N) is 1. The van der Waals surface area contributed by atoms with Crippen molar-refractivity contribution in [2.45, 2.75) is 159 Å². The summed E-state index contributed by atoms with van der Waals surface area (Å²) in [5.74, 6) is 0.986. The highest BCUT2D eigenvalue weighted by molar-refractivity contribution is 7.84. The van der Waals surface area contributed by atoms with Gasteiger partial charge in [-0.25, -0.2) is 8.93 Å². The maximum atomic E-state index is 14.0. The lowest BCUT2D eigenvalue weighted by atomic mass is 9.77. The van der Waals surface area contributed by atoms with Crippen molar-refractivity contribution in [3.8, 4) is 5.75 Å². The fraction of sp³-hybridized carbons (Fsp3) is 0.684. The molecule has 2 saturated carbocycles. The van der Waals surface area contributed by atoms with Crippen molar-refractivity contribution in [3.63, 3.8) is 0 Å². The highest BCUT2D eigenvalue weighted by atomic mass is 32.2. The van der Waals surface area contributed by atoms with E-state index in [9.17, 15) is 4.21 Å². The van der Waals surface area contributed by atoms with E-state index in [2.05, 4.69) is 103 Å². The van der Waals surface area contributed by atoms with Gasteiger partial charge in [0, 0.05) is 11.1 Å². The molecule has 2 aromatic carbocycles. The molecule has 2 fully saturated rings. The summed E-state index contributed by atoms with van der Waals surface area (Å²) < 4.78 is 23.5. The first-order valence-electron chi connectivity index (χ1n) is 16.9. The van der Waals surface area contributed by atoms with Gasteiger partial charge in [0.15, 0.2) is 0 Å². The summed E-state index contributed by atoms with van der Waals surface area (Å²) in [6, 6.07) is 13.8. The highest BCUT2D eigenvalue weighted by Gasteiger charge is 2.37. The summed E-state index contributed by atoms with van der Waals surface area (Å²) in [6.45, 7) is 19.9. The van der Waals surface area contributed by atoms with Crippen LogP contribution in [0.15, 0.2) is 36.4 Å². The molecule has 2 aromatic rings. The number of methoxy groups -OCH3 is 1. The molecule has 2 atom stereocenters. The number of rotatable bonds is 8. The Bertz CT molecular complexity index is 1190. The zero-order chi connectivity index (χ0) is 31.6. The number of benzene rings is 2. The van der Waals surface area contributed by atoms with Crippen molar-refractivity contribution < 1.29 is 8.95 Å². The lowest BCUT2D eigenvalue weighted by Gasteiger charge is -2.40. The normalized spacial score (nSPS) is 19.4. The molecule has 0 aliphatic heterocycles. The van der Waals surface area contributed by atoms with Gasteiger partial charge in [-0.2, -0.15) is 0 Å². The first-order chi connectivity index (χ1) is 20.1. The molecule has 3 nitrogen and oxygen atoms in total. The number of hydrogen-bond donors (Lipinski definition) is 1. The van der Waals surface area contributed by atoms with Crippen molar-refractivity contribution in [2.75, 3.05) is 7.11 Å². The Labute approximate surface area is 268 Å². The highest BCUT2D eigenvalue weighted by Crippen LogP contribution is 2.56. The molecule has 1 unspecified atom stereocenters. The Morgan fingerprint density at radius 1 is 0.767 bits per heavy atom. The van der Waals surface area contributed by atoms with Crippen LogP contribution in [0, 0.1) is 0 Å². The van der Waals surface area contributed by atoms with Crippen molar-refractivity contribution in [3.05, 3.63) is 58.7 Å². The third kappa shape index (κ3) is 8.33. The molecule has 0 heterocycles. The Kier molecular flexibility index (Phi) is 11.3. The second-order valence-electron chi connectivity index (χ2n) is 16.1. The molecule has 0 bridgehead atoms. The third-order valence-electron chi connectivity index (χ3n) is 9.51. The predicted octanol–water partition coefficient (Wildman–Crippen LogP) is 10.2. The SMILES string of the molecule is COc1c(C(C)(C)C)cc(C(N[S@](=O)C(C)(C)C)c2ccccc2P(C2CCCCC2)C2CCCCC2)cc1C(C)(C)C. The summed E-state index contributed by atoms with van der Waals surface area (Å²) in [4.78, 5) is 0. The Morgan fingerprint density at radius 2 is 1.23 bits per heavy atom. The minimum atomic E-state index is -1.24. The van der Waals surface area contributed by atoms with Gasteiger partial charge in [0.2, 0.25) is 0 Å². The maximum Gasteiger partial charge on any atom is 0.126 e. The van der Waals surface area contributed by atoms with Crippen molar-refractivity contribution in [1.29, 1.82) is 0 Å². The topological polar surface area (TPSA) is 38.3 Å². The average molecular weight is 626 g/mol. The van der Waals surface area contributed by atoms with E-state index in [-0.39, 0.29) is 29.5 Å². The third-order valence-corrected chi connectivity index (χ3v) is 14.6. The fourth-order valence-electron chi connectivity index (χ4n) is 7.12. The molecule has 0 aromatic heterocycles. The maximum absolute atomic E-state index is 14.0. The van der Waals surface area contributed by atoms with E-state index in [0.29, 0.717) is 0 Å². The van der Waals surface area contributed by atoms with Crippen LogP contribution in [0.4, 0.5) is 0 Å². The zero-order valence-electron chi connectivity index (χ0n) is 28.9. The molecular weight excluding hydrogens is 565 g/mol. The molecule has 0 amide bonds. The van der Waals surface area contributed by atoms with Gasteiger partial charge in [-0.1, -0.05) is 112 Å². The van der Waals surface area contributed by atoms with Gasteiger partial charge in [-0.05, 0) is 97.2 Å². The van der Waals surface area contributed by atoms with E-state index in [1.807, 2.05) is 0 Å². The van der Waals surface area contributed by atoms with Crippen LogP contribution < -0.4 is 14.8 Å². The fourth-order valence-corrected chi connectivity index (χ4v) is 11.9. The second kappa shape index (κ2) is 14.0. The summed E-state index contributed by atoms with van der Waals surface area (Å²) in [5, 5.41) is 1.56. The second-order valence-corrected chi connectivity index (χ2v) is 20.9. The molecule has 5 heteroatoms. The molecule has 0 radical (unpaired) electrons. The smallest absolute Gasteiger partial charge is 0.126 e. The molecule has 0 saturated heterocycles. The van der Waals surface area contributed by atoms with Crippen LogP contribution in [-0.4, -0.2) is 27.4 Å². The van der Waals surface area contributed by atoms with E-state index in [1.54, 1.807) is 12.4 Å². The van der Waals surface area contributed by atoms with Crippen LogP contribution in [-0.2, 0) is 21.8 Å². The molecule has 2 aliphatic rings. The van der Waals surface area contributed by atoms with Crippen LogP contribution in [0.1, 0.15) is 155 Å². The van der Waals surface area contributed by atoms with Gasteiger partial charge in [0.05, 0.1) is 28.9 Å². The Balaban J connectivity index is 1.97. The van der Waals surface area contributed by atoms with Crippen LogP contribution in [0.3, 0.4) is 0 Å². The minimum absolute atomic E-state index is 0.106. The van der Waals surface area contributed by atoms with Gasteiger partial charge < -0.3 is 4.74 Å². The summed E-state index contributed by atoms with van der Waals surface area (Å²) in [6.07, 6.45) is 13.7. The summed E-state index contributed by atoms with van der Waals surface area (Å²) >= 11 is 0. The summed E-state index contributed by atoms with van der Waals surface area (Å²) in [5.41, 5.74) is 6.35. The predicted molar refractivity (Wildman–Crippen MR) is 190 cm³/mol. The van der Waals surface area contributed by atoms with Crippen molar-refractivity contribution in [1.82, 2.24) is 4.72 Å². The Hall–Kier alpha value is -1.22. The molecule has 1 N–H and O–H groups in total. The standard InChI is InChI=1S/C38H60NO2PS/c1-36(2,3)31-25-27(26-32(35(31)41-10)37(4,5)6)34(39-43(40)38(7,8)9)30-23-17-18-24-33(30)42(28-19-13-11-14-20-28)29-21-15-12-16-22-29/h17-18,23-26,28-29,34,39H,11-16,19-22H2,1-10H3/t34?,43-/m1/s1. The van der Waals surface area contributed by atoms with E-state index in [0.717, 1.165) is 17.1 Å². The quantitative estimate of drug-likeness (QED) is 0.297.